The monoisotopic (exact) mass is 379 g/mol. The van der Waals surface area contributed by atoms with Gasteiger partial charge in [0.1, 0.15) is 5.75 Å². The van der Waals surface area contributed by atoms with Crippen LogP contribution in [0.4, 0.5) is 0 Å². The zero-order valence-corrected chi connectivity index (χ0v) is 15.8. The van der Waals surface area contributed by atoms with Crippen molar-refractivity contribution in [1.82, 2.24) is 9.91 Å². The van der Waals surface area contributed by atoms with Crippen molar-refractivity contribution in [1.29, 1.82) is 0 Å². The molecular formula is C22H22ClN3O. The number of fused-ring (bicyclic) bond motifs is 1. The molecule has 5 heteroatoms. The summed E-state index contributed by atoms with van der Waals surface area (Å²) in [4.78, 5) is 2.42. The molecule has 0 spiro atoms. The van der Waals surface area contributed by atoms with Crippen LogP contribution in [0.3, 0.4) is 0 Å². The van der Waals surface area contributed by atoms with Crippen LogP contribution in [0.15, 0.2) is 65.8 Å². The lowest BCUT2D eigenvalue weighted by Gasteiger charge is -2.33. The standard InChI is InChI=1S/C22H22ClN3O/c23-19-8-5-17(6-9-19)16-25-11-13-26(14-12-25)24-15-21-20-4-2-1-3-18(20)7-10-22(21)27/h1-10,15,27H,11-14,16H2. The van der Waals surface area contributed by atoms with Crippen molar-refractivity contribution >= 4 is 28.6 Å². The van der Waals surface area contributed by atoms with Crippen molar-refractivity contribution in [3.05, 3.63) is 76.8 Å². The summed E-state index contributed by atoms with van der Waals surface area (Å²) in [6, 6.07) is 19.7. The zero-order valence-electron chi connectivity index (χ0n) is 15.1. The van der Waals surface area contributed by atoms with Gasteiger partial charge in [0.2, 0.25) is 0 Å². The molecule has 3 aromatic rings. The second-order valence-electron chi connectivity index (χ2n) is 6.82. The molecule has 0 atom stereocenters. The molecule has 0 amide bonds. The average molecular weight is 380 g/mol. The van der Waals surface area contributed by atoms with Crippen LogP contribution in [-0.4, -0.2) is 47.4 Å². The van der Waals surface area contributed by atoms with Gasteiger partial charge in [0.15, 0.2) is 0 Å². The molecule has 1 aliphatic heterocycles. The summed E-state index contributed by atoms with van der Waals surface area (Å²) in [7, 11) is 0. The van der Waals surface area contributed by atoms with Gasteiger partial charge in [-0.25, -0.2) is 0 Å². The quantitative estimate of drug-likeness (QED) is 0.685. The van der Waals surface area contributed by atoms with E-state index in [1.54, 1.807) is 12.3 Å². The number of rotatable bonds is 4. The maximum Gasteiger partial charge on any atom is 0.125 e. The number of hydrogen-bond donors (Lipinski definition) is 1. The molecule has 1 fully saturated rings. The number of phenolic OH excluding ortho intramolecular Hbond substituents is 1. The summed E-state index contributed by atoms with van der Waals surface area (Å²) >= 11 is 5.95. The van der Waals surface area contributed by atoms with Gasteiger partial charge in [-0.15, -0.1) is 0 Å². The number of hydrogen-bond acceptors (Lipinski definition) is 4. The van der Waals surface area contributed by atoms with Crippen molar-refractivity contribution in [2.75, 3.05) is 26.2 Å². The number of halogens is 1. The Balaban J connectivity index is 1.39. The molecule has 3 aromatic carbocycles. The van der Waals surface area contributed by atoms with Crippen LogP contribution in [0.2, 0.25) is 5.02 Å². The first-order valence-corrected chi connectivity index (χ1v) is 9.53. The van der Waals surface area contributed by atoms with Crippen LogP contribution in [0.5, 0.6) is 5.75 Å². The SMILES string of the molecule is Oc1ccc2ccccc2c1C=NN1CCN(Cc2ccc(Cl)cc2)CC1. The molecule has 4 rings (SSSR count). The number of piperazine rings is 1. The van der Waals surface area contributed by atoms with Crippen molar-refractivity contribution in [3.63, 3.8) is 0 Å². The first kappa shape index (κ1) is 17.8. The minimum absolute atomic E-state index is 0.263. The maximum atomic E-state index is 10.2. The Bertz CT molecular complexity index is 947. The van der Waals surface area contributed by atoms with Crippen molar-refractivity contribution in [3.8, 4) is 5.75 Å². The summed E-state index contributed by atoms with van der Waals surface area (Å²) < 4.78 is 0. The van der Waals surface area contributed by atoms with Gasteiger partial charge in [0.25, 0.3) is 0 Å². The first-order valence-electron chi connectivity index (χ1n) is 9.15. The topological polar surface area (TPSA) is 39.1 Å². The lowest BCUT2D eigenvalue weighted by molar-refractivity contribution is 0.131. The molecule has 0 saturated carbocycles. The van der Waals surface area contributed by atoms with Crippen LogP contribution in [0, 0.1) is 0 Å². The van der Waals surface area contributed by atoms with E-state index in [9.17, 15) is 5.11 Å². The molecule has 1 saturated heterocycles. The Labute approximate surface area is 164 Å². The molecule has 0 aromatic heterocycles. The maximum absolute atomic E-state index is 10.2. The predicted molar refractivity (Wildman–Crippen MR) is 112 cm³/mol. The van der Waals surface area contributed by atoms with E-state index in [0.717, 1.165) is 54.1 Å². The molecule has 138 valence electrons. The highest BCUT2D eigenvalue weighted by Gasteiger charge is 2.15. The molecular weight excluding hydrogens is 358 g/mol. The number of benzene rings is 3. The minimum atomic E-state index is 0.263. The Morgan fingerprint density at radius 1 is 0.926 bits per heavy atom. The van der Waals surface area contributed by atoms with Crippen LogP contribution in [0.1, 0.15) is 11.1 Å². The van der Waals surface area contributed by atoms with E-state index in [1.165, 1.54) is 5.56 Å². The molecule has 0 unspecified atom stereocenters. The fourth-order valence-electron chi connectivity index (χ4n) is 3.42. The summed E-state index contributed by atoms with van der Waals surface area (Å²) in [6.45, 7) is 4.59. The smallest absolute Gasteiger partial charge is 0.125 e. The van der Waals surface area contributed by atoms with Gasteiger partial charge >= 0.3 is 0 Å². The summed E-state index contributed by atoms with van der Waals surface area (Å²) in [5.74, 6) is 0.263. The highest BCUT2D eigenvalue weighted by Crippen LogP contribution is 2.25. The Hall–Kier alpha value is -2.56. The van der Waals surface area contributed by atoms with Crippen LogP contribution < -0.4 is 0 Å². The van der Waals surface area contributed by atoms with Crippen molar-refractivity contribution in [2.24, 2.45) is 5.10 Å². The minimum Gasteiger partial charge on any atom is -0.507 e. The molecule has 1 N–H and O–H groups in total. The fourth-order valence-corrected chi connectivity index (χ4v) is 3.54. The molecule has 27 heavy (non-hydrogen) atoms. The number of nitrogens with zero attached hydrogens (tertiary/aromatic N) is 3. The van der Waals surface area contributed by atoms with Gasteiger partial charge in [0, 0.05) is 43.3 Å². The molecule has 0 radical (unpaired) electrons. The number of hydrazone groups is 1. The first-order chi connectivity index (χ1) is 13.2. The van der Waals surface area contributed by atoms with Gasteiger partial charge < -0.3 is 5.11 Å². The summed E-state index contributed by atoms with van der Waals surface area (Å²) in [5.41, 5.74) is 2.05. The summed E-state index contributed by atoms with van der Waals surface area (Å²) in [6.07, 6.45) is 1.78. The van der Waals surface area contributed by atoms with E-state index in [0.29, 0.717) is 0 Å². The third kappa shape index (κ3) is 4.24. The second kappa shape index (κ2) is 7.99. The molecule has 4 nitrogen and oxygen atoms in total. The fraction of sp³-hybridized carbons (Fsp3) is 0.227. The zero-order chi connectivity index (χ0) is 18.6. The van der Waals surface area contributed by atoms with E-state index < -0.39 is 0 Å². The van der Waals surface area contributed by atoms with Gasteiger partial charge in [-0.3, -0.25) is 9.91 Å². The lowest BCUT2D eigenvalue weighted by atomic mass is 10.0. The lowest BCUT2D eigenvalue weighted by Crippen LogP contribution is -2.43. The largest absolute Gasteiger partial charge is 0.507 e. The van der Waals surface area contributed by atoms with E-state index >= 15 is 0 Å². The third-order valence-corrected chi connectivity index (χ3v) is 5.22. The number of aromatic hydroxyl groups is 1. The van der Waals surface area contributed by atoms with Crippen LogP contribution >= 0.6 is 11.6 Å². The summed E-state index contributed by atoms with van der Waals surface area (Å²) in [5, 5.41) is 19.8. The van der Waals surface area contributed by atoms with Crippen LogP contribution in [0.25, 0.3) is 10.8 Å². The van der Waals surface area contributed by atoms with E-state index in [4.69, 9.17) is 11.6 Å². The van der Waals surface area contributed by atoms with Crippen molar-refractivity contribution < 1.29 is 5.11 Å². The number of phenols is 1. The van der Waals surface area contributed by atoms with Gasteiger partial charge in [-0.1, -0.05) is 54.1 Å². The molecule has 1 aliphatic rings. The van der Waals surface area contributed by atoms with E-state index in [2.05, 4.69) is 27.1 Å². The van der Waals surface area contributed by atoms with E-state index in [1.807, 2.05) is 42.5 Å². The Morgan fingerprint density at radius 3 is 2.44 bits per heavy atom. The molecule has 0 aliphatic carbocycles. The van der Waals surface area contributed by atoms with Gasteiger partial charge in [-0.05, 0) is 34.5 Å². The normalized spacial score (nSPS) is 15.7. The third-order valence-electron chi connectivity index (χ3n) is 4.97. The Kier molecular flexibility index (Phi) is 5.28. The van der Waals surface area contributed by atoms with Gasteiger partial charge in [0.05, 0.1) is 6.21 Å². The molecule has 1 heterocycles. The van der Waals surface area contributed by atoms with Gasteiger partial charge in [-0.2, -0.15) is 5.10 Å². The second-order valence-corrected chi connectivity index (χ2v) is 7.26. The van der Waals surface area contributed by atoms with E-state index in [-0.39, 0.29) is 5.75 Å². The molecule has 0 bridgehead atoms. The Morgan fingerprint density at radius 2 is 1.67 bits per heavy atom. The highest BCUT2D eigenvalue weighted by molar-refractivity contribution is 6.30. The predicted octanol–water partition coefficient (Wildman–Crippen LogP) is 4.35. The van der Waals surface area contributed by atoms with Crippen LogP contribution in [-0.2, 0) is 6.54 Å². The van der Waals surface area contributed by atoms with Crippen molar-refractivity contribution in [2.45, 2.75) is 6.54 Å². The highest BCUT2D eigenvalue weighted by atomic mass is 35.5. The average Bonchev–Trinajstić information content (AvgIpc) is 2.70.